The molecule has 0 N–H and O–H groups in total. The summed E-state index contributed by atoms with van der Waals surface area (Å²) in [6.45, 7) is 4.55. The van der Waals surface area contributed by atoms with Gasteiger partial charge in [-0.1, -0.05) is 231 Å². The largest absolute Gasteiger partial charge is 1.00 e. The van der Waals surface area contributed by atoms with E-state index in [0.717, 1.165) is 19.3 Å². The van der Waals surface area contributed by atoms with Crippen LogP contribution in [-0.2, 0) is 14.6 Å². The maximum atomic E-state index is 11.0. The van der Waals surface area contributed by atoms with Crippen molar-refractivity contribution in [1.29, 1.82) is 0 Å². The topological polar surface area (TPSA) is 66.4 Å². The first-order valence-electron chi connectivity index (χ1n) is 20.8. The molecule has 276 valence electrons. The van der Waals surface area contributed by atoms with Crippen molar-refractivity contribution < 1.29 is 68.5 Å². The smallest absolute Gasteiger partial charge is 0.726 e. The number of hydrogen-bond donors (Lipinski definition) is 0. The summed E-state index contributed by atoms with van der Waals surface area (Å²) < 4.78 is 37.6. The molecule has 4 nitrogen and oxygen atoms in total. The fourth-order valence-corrected chi connectivity index (χ4v) is 6.98. The molecule has 1 atom stereocenters. The molecule has 0 aromatic heterocycles. The van der Waals surface area contributed by atoms with E-state index in [4.69, 9.17) is 0 Å². The van der Waals surface area contributed by atoms with Gasteiger partial charge in [0, 0.05) is 5.92 Å². The molecule has 0 spiro atoms. The van der Waals surface area contributed by atoms with Crippen LogP contribution in [0, 0.1) is 5.92 Å². The van der Waals surface area contributed by atoms with E-state index in [2.05, 4.69) is 30.2 Å². The molecule has 0 heterocycles. The van der Waals surface area contributed by atoms with Crippen molar-refractivity contribution in [2.75, 3.05) is 6.61 Å². The Balaban J connectivity index is 0. The van der Waals surface area contributed by atoms with Gasteiger partial charge in [0.25, 0.3) is 0 Å². The maximum Gasteiger partial charge on any atom is 1.00 e. The minimum atomic E-state index is -4.63. The number of hydrogen-bond acceptors (Lipinski definition) is 4. The van der Waals surface area contributed by atoms with Crippen LogP contribution in [-0.4, -0.2) is 19.6 Å². The van der Waals surface area contributed by atoms with E-state index < -0.39 is 10.4 Å². The van der Waals surface area contributed by atoms with Crippen LogP contribution in [0.1, 0.15) is 239 Å². The first-order valence-corrected chi connectivity index (χ1v) is 22.1. The van der Waals surface area contributed by atoms with E-state index in [9.17, 15) is 13.0 Å². The third-order valence-electron chi connectivity index (χ3n) is 9.74. The quantitative estimate of drug-likeness (QED) is 0.0210. The summed E-state index contributed by atoms with van der Waals surface area (Å²) in [5.41, 5.74) is 0. The zero-order valence-corrected chi connectivity index (χ0v) is 36.2. The minimum absolute atomic E-state index is 0. The zero-order chi connectivity index (χ0) is 33.7. The predicted octanol–water partition coefficient (Wildman–Crippen LogP) is 11.3. The van der Waals surface area contributed by atoms with Gasteiger partial charge in [0.05, 0.1) is 6.61 Å². The second-order valence-corrected chi connectivity index (χ2v) is 15.5. The molecule has 0 radical (unpaired) electrons. The first-order chi connectivity index (χ1) is 22.5. The van der Waals surface area contributed by atoms with Gasteiger partial charge in [-0.3, -0.25) is 4.18 Å². The predicted molar refractivity (Wildman–Crippen MR) is 201 cm³/mol. The number of rotatable bonds is 39. The SMILES string of the molecule is CCCCCCCCCCCCCCCCCCC/C=C/C(CCCCCCCCCCCCCCCCCC)COS(=O)(=O)[O-].[K+]. The second-order valence-electron chi connectivity index (χ2n) is 14.4. The maximum absolute atomic E-state index is 11.0. The van der Waals surface area contributed by atoms with E-state index in [0.29, 0.717) is 0 Å². The van der Waals surface area contributed by atoms with E-state index in [1.165, 1.54) is 205 Å². The Morgan fingerprint density at radius 2 is 0.745 bits per heavy atom. The molecule has 0 saturated carbocycles. The third-order valence-corrected chi connectivity index (χ3v) is 10.2. The molecule has 6 heteroatoms. The van der Waals surface area contributed by atoms with Gasteiger partial charge in [-0.2, -0.15) is 0 Å². The fourth-order valence-electron chi connectivity index (χ4n) is 6.64. The van der Waals surface area contributed by atoms with Crippen LogP contribution < -0.4 is 51.4 Å². The Labute approximate surface area is 339 Å². The zero-order valence-electron chi connectivity index (χ0n) is 32.2. The van der Waals surface area contributed by atoms with Crippen LogP contribution in [0.15, 0.2) is 12.2 Å². The van der Waals surface area contributed by atoms with Crippen molar-refractivity contribution >= 4 is 10.4 Å². The van der Waals surface area contributed by atoms with Gasteiger partial charge < -0.3 is 4.55 Å². The molecule has 0 aliphatic heterocycles. The Morgan fingerprint density at radius 1 is 0.468 bits per heavy atom. The summed E-state index contributed by atoms with van der Waals surface area (Å²) in [4.78, 5) is 0. The van der Waals surface area contributed by atoms with E-state index >= 15 is 0 Å². The van der Waals surface area contributed by atoms with Crippen molar-refractivity contribution in [3.63, 3.8) is 0 Å². The fraction of sp³-hybridized carbons (Fsp3) is 0.951. The van der Waals surface area contributed by atoms with E-state index in [1.807, 2.05) is 0 Å². The van der Waals surface area contributed by atoms with Gasteiger partial charge in [-0.15, -0.1) is 0 Å². The Hall–Kier alpha value is 1.25. The summed E-state index contributed by atoms with van der Waals surface area (Å²) in [6.07, 6.45) is 51.2. The van der Waals surface area contributed by atoms with Crippen molar-refractivity contribution in [2.24, 2.45) is 5.92 Å². The molecule has 0 bridgehead atoms. The molecule has 0 saturated heterocycles. The van der Waals surface area contributed by atoms with Crippen LogP contribution in [0.2, 0.25) is 0 Å². The van der Waals surface area contributed by atoms with Gasteiger partial charge in [0.15, 0.2) is 0 Å². The Morgan fingerprint density at radius 3 is 1.04 bits per heavy atom. The van der Waals surface area contributed by atoms with Crippen LogP contribution >= 0.6 is 0 Å². The minimum Gasteiger partial charge on any atom is -0.726 e. The van der Waals surface area contributed by atoms with E-state index in [-0.39, 0.29) is 63.9 Å². The molecular formula is C41H81KO4S. The second kappa shape index (κ2) is 41.7. The summed E-state index contributed by atoms with van der Waals surface area (Å²) >= 11 is 0. The number of unbranched alkanes of at least 4 members (excludes halogenated alkanes) is 32. The normalized spacial score (nSPS) is 12.6. The Bertz CT molecular complexity index is 712. The molecular weight excluding hydrogens is 628 g/mol. The molecule has 0 aliphatic rings. The summed E-state index contributed by atoms with van der Waals surface area (Å²) in [5, 5.41) is 0. The molecule has 0 fully saturated rings. The van der Waals surface area contributed by atoms with E-state index in [1.54, 1.807) is 0 Å². The van der Waals surface area contributed by atoms with Crippen molar-refractivity contribution in [3.05, 3.63) is 12.2 Å². The van der Waals surface area contributed by atoms with Crippen LogP contribution in [0.5, 0.6) is 0 Å². The summed E-state index contributed by atoms with van der Waals surface area (Å²) in [5.74, 6) is 0.0150. The van der Waals surface area contributed by atoms with Gasteiger partial charge in [0.1, 0.15) is 0 Å². The van der Waals surface area contributed by atoms with Gasteiger partial charge in [0.2, 0.25) is 10.4 Å². The standard InChI is InChI=1S/C41H82O4S.K/c1-3-5-7-9-11-13-15-17-19-21-22-23-25-27-29-31-33-35-37-39-41(40-45-46(42,43)44)38-36-34-32-30-28-26-24-20-18-16-14-12-10-8-6-4-2;/h37,39,41H,3-36,38,40H2,1-2H3,(H,42,43,44);/q;+1/p-1/b39-37+;. The van der Waals surface area contributed by atoms with Crippen molar-refractivity contribution in [3.8, 4) is 0 Å². The van der Waals surface area contributed by atoms with Crippen LogP contribution in [0.4, 0.5) is 0 Å². The molecule has 1 unspecified atom stereocenters. The molecule has 0 aliphatic carbocycles. The summed E-state index contributed by atoms with van der Waals surface area (Å²) in [6, 6.07) is 0. The first kappa shape index (κ1) is 50.4. The van der Waals surface area contributed by atoms with Gasteiger partial charge >= 0.3 is 51.4 Å². The molecule has 0 aromatic carbocycles. The molecule has 0 aromatic rings. The monoisotopic (exact) mass is 709 g/mol. The van der Waals surface area contributed by atoms with Crippen molar-refractivity contribution in [1.82, 2.24) is 0 Å². The van der Waals surface area contributed by atoms with Crippen LogP contribution in [0.25, 0.3) is 0 Å². The van der Waals surface area contributed by atoms with Crippen molar-refractivity contribution in [2.45, 2.75) is 239 Å². The average molecular weight is 709 g/mol. The Kier molecular flexibility index (Phi) is 44.6. The van der Waals surface area contributed by atoms with Gasteiger partial charge in [-0.25, -0.2) is 8.42 Å². The van der Waals surface area contributed by atoms with Crippen LogP contribution in [0.3, 0.4) is 0 Å². The molecule has 0 rings (SSSR count). The molecule has 0 amide bonds. The summed E-state index contributed by atoms with van der Waals surface area (Å²) in [7, 11) is -4.63. The third kappa shape index (κ3) is 45.2. The molecule has 47 heavy (non-hydrogen) atoms. The average Bonchev–Trinajstić information content (AvgIpc) is 3.03. The number of allylic oxidation sites excluding steroid dienone is 1. The van der Waals surface area contributed by atoms with Gasteiger partial charge in [-0.05, 0) is 19.3 Å².